The molecule has 0 spiro atoms. The molecule has 9 atom stereocenters. The Morgan fingerprint density at radius 3 is 2.28 bits per heavy atom. The summed E-state index contributed by atoms with van der Waals surface area (Å²) in [6.45, 7) is 20.0. The van der Waals surface area contributed by atoms with E-state index in [-0.39, 0.29) is 74.4 Å². The number of fused-ring (bicyclic) bond motifs is 8. The number of allylic oxidation sites excluding steroid dienone is 1. The molecule has 0 amide bonds. The highest BCUT2D eigenvalue weighted by Gasteiger charge is 2.73. The molecular formula is C45H61N3O6. The van der Waals surface area contributed by atoms with Gasteiger partial charge in [0.15, 0.2) is 0 Å². The number of hydrogen-bond acceptors (Lipinski definition) is 6. The van der Waals surface area contributed by atoms with Gasteiger partial charge in [-0.2, -0.15) is 0 Å². The lowest BCUT2D eigenvalue weighted by atomic mass is 9.33. The molecule has 1 aromatic carbocycles. The first-order chi connectivity index (χ1) is 25.4. The number of ether oxygens (including phenoxy) is 2. The van der Waals surface area contributed by atoms with E-state index in [1.54, 1.807) is 0 Å². The Balaban J connectivity index is 1.30. The van der Waals surface area contributed by atoms with E-state index in [0.717, 1.165) is 77.0 Å². The minimum Gasteiger partial charge on any atom is -0.465 e. The van der Waals surface area contributed by atoms with Crippen LogP contribution in [0.2, 0.25) is 0 Å². The average molecular weight is 740 g/mol. The van der Waals surface area contributed by atoms with E-state index in [1.165, 1.54) is 40.7 Å². The summed E-state index contributed by atoms with van der Waals surface area (Å²) in [6.07, 6.45) is 11.0. The number of esters is 2. The number of carbonyl (C=O) groups excluding carboxylic acids is 2. The lowest BCUT2D eigenvalue weighted by Gasteiger charge is -2.72. The fourth-order valence-electron chi connectivity index (χ4n) is 15.1. The first-order valence-electron chi connectivity index (χ1n) is 21.0. The van der Waals surface area contributed by atoms with Crippen molar-refractivity contribution in [1.82, 2.24) is 13.9 Å². The Bertz CT molecular complexity index is 2140. The Morgan fingerprint density at radius 2 is 1.57 bits per heavy atom. The summed E-state index contributed by atoms with van der Waals surface area (Å²) < 4.78 is 17.4. The summed E-state index contributed by atoms with van der Waals surface area (Å²) in [6, 6.07) is 5.90. The molecule has 4 fully saturated rings. The van der Waals surface area contributed by atoms with Gasteiger partial charge in [0, 0.05) is 24.7 Å². The zero-order chi connectivity index (χ0) is 38.5. The van der Waals surface area contributed by atoms with E-state index in [9.17, 15) is 9.59 Å². The van der Waals surface area contributed by atoms with Crippen molar-refractivity contribution in [2.75, 3.05) is 6.61 Å². The highest BCUT2D eigenvalue weighted by Crippen LogP contribution is 2.79. The number of aromatic nitrogens is 3. The number of aryl methyl sites for hydroxylation is 2. The molecule has 9 nitrogen and oxygen atoms in total. The van der Waals surface area contributed by atoms with Crippen LogP contribution in [0.1, 0.15) is 144 Å². The maximum Gasteiger partial charge on any atom is 0.352 e. The van der Waals surface area contributed by atoms with Gasteiger partial charge in [0.05, 0.1) is 17.3 Å². The number of hydrogen-bond donors (Lipinski definition) is 0. The van der Waals surface area contributed by atoms with Gasteiger partial charge in [-0.3, -0.25) is 9.59 Å². The van der Waals surface area contributed by atoms with Crippen molar-refractivity contribution in [2.45, 2.75) is 157 Å². The van der Waals surface area contributed by atoms with Crippen LogP contribution < -0.4 is 11.4 Å². The number of nitrogens with zero attached hydrogens (tertiary/aromatic N) is 3. The Hall–Kier alpha value is -3.36. The van der Waals surface area contributed by atoms with E-state index < -0.39 is 5.54 Å². The largest absolute Gasteiger partial charge is 0.465 e. The van der Waals surface area contributed by atoms with Gasteiger partial charge in [-0.05, 0) is 145 Å². The Labute approximate surface area is 319 Å². The van der Waals surface area contributed by atoms with E-state index in [2.05, 4.69) is 60.6 Å². The fraction of sp³-hybridized carbons (Fsp3) is 0.733. The molecule has 0 bridgehead atoms. The molecule has 1 aliphatic heterocycles. The summed E-state index contributed by atoms with van der Waals surface area (Å²) in [5, 5.41) is 0. The van der Waals surface area contributed by atoms with Crippen molar-refractivity contribution in [3.8, 4) is 5.69 Å². The molecule has 0 saturated heterocycles. The number of benzene rings is 1. The van der Waals surface area contributed by atoms with Gasteiger partial charge in [-0.25, -0.2) is 23.5 Å². The second kappa shape index (κ2) is 11.4. The zero-order valence-corrected chi connectivity index (χ0v) is 34.1. The molecule has 2 heterocycles. The van der Waals surface area contributed by atoms with Gasteiger partial charge >= 0.3 is 23.3 Å². The smallest absolute Gasteiger partial charge is 0.352 e. The number of rotatable bonds is 5. The maximum atomic E-state index is 15.4. The van der Waals surface area contributed by atoms with Crippen LogP contribution in [0.3, 0.4) is 0 Å². The van der Waals surface area contributed by atoms with Crippen LogP contribution in [0.5, 0.6) is 0 Å². The van der Waals surface area contributed by atoms with Crippen LogP contribution in [-0.4, -0.2) is 38.6 Å². The zero-order valence-electron chi connectivity index (χ0n) is 34.1. The van der Waals surface area contributed by atoms with Crippen LogP contribution in [0.15, 0.2) is 38.9 Å². The summed E-state index contributed by atoms with van der Waals surface area (Å²) >= 11 is 0. The van der Waals surface area contributed by atoms with Gasteiger partial charge in [0.2, 0.25) is 0 Å². The van der Waals surface area contributed by atoms with E-state index >= 15 is 9.59 Å². The van der Waals surface area contributed by atoms with E-state index in [0.29, 0.717) is 18.2 Å². The van der Waals surface area contributed by atoms with Gasteiger partial charge in [-0.1, -0.05) is 54.5 Å². The summed E-state index contributed by atoms with van der Waals surface area (Å²) in [5.41, 5.74) is 3.76. The van der Waals surface area contributed by atoms with Crippen LogP contribution >= 0.6 is 0 Å². The predicted molar refractivity (Wildman–Crippen MR) is 206 cm³/mol. The first kappa shape index (κ1) is 36.3. The van der Waals surface area contributed by atoms with Crippen molar-refractivity contribution in [3.05, 3.63) is 61.4 Å². The Kier molecular flexibility index (Phi) is 7.64. The average Bonchev–Trinajstić information content (AvgIpc) is 3.78. The highest BCUT2D eigenvalue weighted by atomic mass is 16.5. The van der Waals surface area contributed by atoms with Crippen LogP contribution in [0.25, 0.3) is 5.69 Å². The molecule has 0 N–H and O–H groups in total. The number of carbonyl (C=O) groups is 2. The predicted octanol–water partition coefficient (Wildman–Crippen LogP) is 7.83. The fourth-order valence-corrected chi connectivity index (χ4v) is 15.1. The molecule has 292 valence electrons. The topological polar surface area (TPSA) is 102 Å². The monoisotopic (exact) mass is 739 g/mol. The minimum atomic E-state index is -0.708. The van der Waals surface area contributed by atoms with Crippen LogP contribution in [-0.2, 0) is 37.4 Å². The summed E-state index contributed by atoms with van der Waals surface area (Å²) in [4.78, 5) is 55.5. The lowest BCUT2D eigenvalue weighted by Crippen LogP contribution is -2.67. The van der Waals surface area contributed by atoms with Crippen LogP contribution in [0, 0.1) is 44.8 Å². The molecule has 9 rings (SSSR count). The SMILES string of the molecule is CC(=O)OC[C@]12CC[C@]3(C(C)C)C1=C1[C@H](C[C@@H]4[C@@]5(C)CC[C@H](OC(C)=O)C(C)(C)[C@@H]5CC[C@@]4(C)[C@]1(C)CC2)n1c(=O)n(-c2ccc4c(c2)CCC4)c(=O)n13. The highest BCUT2D eigenvalue weighted by molar-refractivity contribution is 5.66. The van der Waals surface area contributed by atoms with Crippen molar-refractivity contribution in [3.63, 3.8) is 0 Å². The maximum absolute atomic E-state index is 15.4. The molecule has 2 aromatic rings. The van der Waals surface area contributed by atoms with Gasteiger partial charge < -0.3 is 9.47 Å². The third-order valence-electron chi connectivity index (χ3n) is 17.8. The van der Waals surface area contributed by atoms with E-state index in [4.69, 9.17) is 9.47 Å². The third-order valence-corrected chi connectivity index (χ3v) is 17.8. The van der Waals surface area contributed by atoms with Crippen molar-refractivity contribution in [1.29, 1.82) is 0 Å². The molecule has 1 aromatic heterocycles. The summed E-state index contributed by atoms with van der Waals surface area (Å²) in [7, 11) is 0. The standard InChI is InChI=1S/C45H61N3O6/c1-26(2)45-22-21-44(25-53-27(3)49)20-19-43(9)36(37(44)45)32(47-38(51)46(39(52)48(45)47)31-14-13-29-11-10-12-30(29)23-31)24-34-41(7)17-16-35(54-28(4)50)40(5,6)33(41)15-18-42(34,43)8/h13-14,23,26,32-35H,10-12,15-22,24-25H2,1-9H3/t32-,33-,34+,35-,41-,42+,43+,44-,45-/m0/s1. The quantitative estimate of drug-likeness (QED) is 0.229. The second-order valence-electron chi connectivity index (χ2n) is 20.4. The molecule has 7 aliphatic rings. The molecule has 6 aliphatic carbocycles. The van der Waals surface area contributed by atoms with Crippen LogP contribution in [0.4, 0.5) is 0 Å². The molecule has 54 heavy (non-hydrogen) atoms. The second-order valence-corrected chi connectivity index (χ2v) is 20.4. The molecule has 4 saturated carbocycles. The van der Waals surface area contributed by atoms with E-state index in [1.807, 2.05) is 15.4 Å². The summed E-state index contributed by atoms with van der Waals surface area (Å²) in [5.74, 6) is 0.149. The van der Waals surface area contributed by atoms with Gasteiger partial charge in [-0.15, -0.1) is 0 Å². The van der Waals surface area contributed by atoms with Crippen molar-refractivity contribution in [2.24, 2.45) is 44.8 Å². The first-order valence-corrected chi connectivity index (χ1v) is 21.0. The van der Waals surface area contributed by atoms with Gasteiger partial charge in [0.25, 0.3) is 0 Å². The molecule has 0 radical (unpaired) electrons. The lowest BCUT2D eigenvalue weighted by molar-refractivity contribution is -0.218. The Morgan fingerprint density at radius 1 is 0.852 bits per heavy atom. The van der Waals surface area contributed by atoms with Crippen molar-refractivity contribution < 1.29 is 19.1 Å². The van der Waals surface area contributed by atoms with Crippen molar-refractivity contribution >= 4 is 11.9 Å². The molecule has 9 heteroatoms. The van der Waals surface area contributed by atoms with Gasteiger partial charge in [0.1, 0.15) is 12.7 Å². The minimum absolute atomic E-state index is 0.0258. The third kappa shape index (κ3) is 4.28. The molecular weight excluding hydrogens is 679 g/mol. The normalized spacial score (nSPS) is 39.7. The molecule has 0 unspecified atom stereocenters.